The van der Waals surface area contributed by atoms with Gasteiger partial charge in [-0.15, -0.1) is 11.3 Å². The monoisotopic (exact) mass is 381 g/mol. The van der Waals surface area contributed by atoms with Gasteiger partial charge in [-0.2, -0.15) is 0 Å². The Balaban J connectivity index is 2.16. The molecule has 0 aromatic carbocycles. The lowest BCUT2D eigenvalue weighted by Crippen LogP contribution is -2.34. The number of hydrogen-bond donors (Lipinski definition) is 2. The van der Waals surface area contributed by atoms with Crippen molar-refractivity contribution in [3.63, 3.8) is 0 Å². The van der Waals surface area contributed by atoms with Crippen molar-refractivity contribution in [2.24, 2.45) is 5.41 Å². The van der Waals surface area contributed by atoms with E-state index in [1.807, 2.05) is 0 Å². The molecule has 5 nitrogen and oxygen atoms in total. The van der Waals surface area contributed by atoms with Gasteiger partial charge in [0.05, 0.1) is 3.79 Å². The molecule has 0 spiro atoms. The van der Waals surface area contributed by atoms with Gasteiger partial charge in [-0.1, -0.05) is 19.8 Å². The van der Waals surface area contributed by atoms with Gasteiger partial charge in [0.1, 0.15) is 9.77 Å². The smallest absolute Gasteiger partial charge is 0.345 e. The second-order valence-corrected chi connectivity index (χ2v) is 9.50. The summed E-state index contributed by atoms with van der Waals surface area (Å²) in [4.78, 5) is 10.9. The molecule has 112 valence electrons. The summed E-state index contributed by atoms with van der Waals surface area (Å²) in [6, 6.07) is 1.19. The highest BCUT2D eigenvalue weighted by Crippen LogP contribution is 2.37. The summed E-state index contributed by atoms with van der Waals surface area (Å²) < 4.78 is 27.4. The summed E-state index contributed by atoms with van der Waals surface area (Å²) in [6.07, 6.45) is 4.29. The molecule has 0 bridgehead atoms. The fourth-order valence-corrected chi connectivity index (χ4v) is 5.99. The average molecular weight is 382 g/mol. The van der Waals surface area contributed by atoms with Gasteiger partial charge in [0.15, 0.2) is 0 Å². The molecule has 1 fully saturated rings. The minimum atomic E-state index is -3.68. The molecule has 1 saturated carbocycles. The van der Waals surface area contributed by atoms with E-state index in [1.165, 1.54) is 6.07 Å². The molecule has 0 saturated heterocycles. The third-order valence-corrected chi connectivity index (χ3v) is 7.30. The van der Waals surface area contributed by atoms with Crippen LogP contribution in [-0.4, -0.2) is 26.0 Å². The van der Waals surface area contributed by atoms with Crippen LogP contribution in [0, 0.1) is 5.41 Å². The molecule has 1 heterocycles. The third-order valence-electron chi connectivity index (χ3n) is 3.66. The zero-order valence-corrected chi connectivity index (χ0v) is 14.2. The molecule has 2 N–H and O–H groups in total. The Labute approximate surface area is 130 Å². The summed E-state index contributed by atoms with van der Waals surface area (Å²) in [7, 11) is -3.68. The van der Waals surface area contributed by atoms with Crippen LogP contribution in [0.15, 0.2) is 14.7 Å². The van der Waals surface area contributed by atoms with Crippen LogP contribution < -0.4 is 4.72 Å². The molecule has 0 radical (unpaired) electrons. The highest BCUT2D eigenvalue weighted by Gasteiger charge is 2.31. The summed E-state index contributed by atoms with van der Waals surface area (Å²) in [5, 5.41) is 8.91. The van der Waals surface area contributed by atoms with E-state index in [9.17, 15) is 13.2 Å². The van der Waals surface area contributed by atoms with E-state index >= 15 is 0 Å². The summed E-state index contributed by atoms with van der Waals surface area (Å²) in [6.45, 7) is 2.47. The molecule has 0 aliphatic heterocycles. The second kappa shape index (κ2) is 5.75. The van der Waals surface area contributed by atoms with Crippen LogP contribution in [0.2, 0.25) is 0 Å². The van der Waals surface area contributed by atoms with Crippen molar-refractivity contribution in [2.45, 2.75) is 37.5 Å². The van der Waals surface area contributed by atoms with Crippen LogP contribution in [0.4, 0.5) is 0 Å². The molecule has 1 aliphatic carbocycles. The number of aromatic carboxylic acids is 1. The molecule has 1 aromatic heterocycles. The number of halogens is 1. The van der Waals surface area contributed by atoms with Gasteiger partial charge in [0, 0.05) is 6.54 Å². The lowest BCUT2D eigenvalue weighted by Gasteiger charge is -2.23. The van der Waals surface area contributed by atoms with E-state index in [-0.39, 0.29) is 15.2 Å². The van der Waals surface area contributed by atoms with Crippen molar-refractivity contribution in [1.82, 2.24) is 4.72 Å². The third kappa shape index (κ3) is 3.41. The Morgan fingerprint density at radius 2 is 2.10 bits per heavy atom. The van der Waals surface area contributed by atoms with Crippen molar-refractivity contribution in [2.75, 3.05) is 6.54 Å². The van der Waals surface area contributed by atoms with E-state index < -0.39 is 16.0 Å². The largest absolute Gasteiger partial charge is 0.477 e. The topological polar surface area (TPSA) is 83.5 Å². The van der Waals surface area contributed by atoms with Gasteiger partial charge in [-0.3, -0.25) is 0 Å². The van der Waals surface area contributed by atoms with Crippen molar-refractivity contribution < 1.29 is 18.3 Å². The number of carbonyl (C=O) groups is 1. The average Bonchev–Trinajstić information content (AvgIpc) is 2.94. The minimum Gasteiger partial charge on any atom is -0.477 e. The maximum atomic E-state index is 12.3. The lowest BCUT2D eigenvalue weighted by molar-refractivity contribution is 0.0702. The van der Waals surface area contributed by atoms with Gasteiger partial charge in [0.25, 0.3) is 0 Å². The lowest BCUT2D eigenvalue weighted by atomic mass is 9.89. The molecule has 20 heavy (non-hydrogen) atoms. The molecule has 2 rings (SSSR count). The first kappa shape index (κ1) is 15.9. The highest BCUT2D eigenvalue weighted by molar-refractivity contribution is 9.11. The van der Waals surface area contributed by atoms with Crippen molar-refractivity contribution in [1.29, 1.82) is 0 Å². The van der Waals surface area contributed by atoms with Crippen molar-refractivity contribution >= 4 is 43.3 Å². The first-order valence-corrected chi connectivity index (χ1v) is 9.35. The van der Waals surface area contributed by atoms with Crippen LogP contribution >= 0.6 is 27.3 Å². The van der Waals surface area contributed by atoms with Crippen LogP contribution in [0.1, 0.15) is 42.3 Å². The first-order chi connectivity index (χ1) is 9.23. The minimum absolute atomic E-state index is 0.00139. The number of carboxylic acids is 1. The van der Waals surface area contributed by atoms with Crippen LogP contribution in [0.25, 0.3) is 0 Å². The van der Waals surface area contributed by atoms with Crippen molar-refractivity contribution in [3.05, 3.63) is 14.7 Å². The maximum absolute atomic E-state index is 12.3. The number of hydrogen-bond acceptors (Lipinski definition) is 4. The zero-order chi connectivity index (χ0) is 15.0. The molecule has 0 amide bonds. The van der Waals surface area contributed by atoms with E-state index in [4.69, 9.17) is 5.11 Å². The zero-order valence-electron chi connectivity index (χ0n) is 11.0. The predicted molar refractivity (Wildman–Crippen MR) is 80.7 cm³/mol. The summed E-state index contributed by atoms with van der Waals surface area (Å²) in [5.41, 5.74) is 0.00515. The quantitative estimate of drug-likeness (QED) is 0.820. The Hall–Kier alpha value is -0.440. The van der Waals surface area contributed by atoms with Crippen LogP contribution in [0.5, 0.6) is 0 Å². The number of sulfonamides is 1. The summed E-state index contributed by atoms with van der Waals surface area (Å²) >= 11 is 4.03. The van der Waals surface area contributed by atoms with E-state index in [2.05, 4.69) is 27.6 Å². The van der Waals surface area contributed by atoms with Gasteiger partial charge in [-0.05, 0) is 40.3 Å². The standard InChI is InChI=1S/C12H16BrNO4S2/c1-12(4-2-3-5-12)7-14-20(17,18)9-6-8(11(15)16)19-10(9)13/h6,14H,2-5,7H2,1H3,(H,15,16). The fourth-order valence-electron chi connectivity index (χ4n) is 2.39. The Morgan fingerprint density at radius 1 is 1.50 bits per heavy atom. The van der Waals surface area contributed by atoms with Crippen molar-refractivity contribution in [3.8, 4) is 0 Å². The van der Waals surface area contributed by atoms with Crippen LogP contribution in [0.3, 0.4) is 0 Å². The van der Waals surface area contributed by atoms with Gasteiger partial charge < -0.3 is 5.11 Å². The molecular weight excluding hydrogens is 366 g/mol. The van der Waals surface area contributed by atoms with E-state index in [0.717, 1.165) is 37.0 Å². The molecule has 8 heteroatoms. The molecule has 0 unspecified atom stereocenters. The normalized spacial score (nSPS) is 18.3. The van der Waals surface area contributed by atoms with Gasteiger partial charge in [-0.25, -0.2) is 17.9 Å². The number of carboxylic acid groups (broad SMARTS) is 1. The second-order valence-electron chi connectivity index (χ2n) is 5.40. The molecular formula is C12H16BrNO4S2. The molecule has 1 aliphatic rings. The van der Waals surface area contributed by atoms with Gasteiger partial charge in [0.2, 0.25) is 10.0 Å². The number of thiophene rings is 1. The van der Waals surface area contributed by atoms with Gasteiger partial charge >= 0.3 is 5.97 Å². The predicted octanol–water partition coefficient (Wildman–Crippen LogP) is 3.07. The first-order valence-electron chi connectivity index (χ1n) is 6.26. The Bertz CT molecular complexity index is 617. The Morgan fingerprint density at radius 3 is 2.60 bits per heavy atom. The number of rotatable bonds is 5. The van der Waals surface area contributed by atoms with E-state index in [1.54, 1.807) is 0 Å². The SMILES string of the molecule is CC1(CNS(=O)(=O)c2cc(C(=O)O)sc2Br)CCCC1. The Kier molecular flexibility index (Phi) is 4.58. The van der Waals surface area contributed by atoms with Crippen LogP contribution in [-0.2, 0) is 10.0 Å². The molecule has 0 atom stereocenters. The fraction of sp³-hybridized carbons (Fsp3) is 0.583. The highest BCUT2D eigenvalue weighted by atomic mass is 79.9. The summed E-state index contributed by atoms with van der Waals surface area (Å²) in [5.74, 6) is -1.13. The maximum Gasteiger partial charge on any atom is 0.345 e. The van der Waals surface area contributed by atoms with E-state index in [0.29, 0.717) is 10.3 Å². The molecule has 1 aromatic rings. The number of nitrogens with one attached hydrogen (secondary N) is 1.